The van der Waals surface area contributed by atoms with Crippen molar-refractivity contribution in [3.8, 4) is 0 Å². The van der Waals surface area contributed by atoms with E-state index in [2.05, 4.69) is 19.6 Å². The van der Waals surface area contributed by atoms with E-state index in [1.54, 1.807) is 0 Å². The van der Waals surface area contributed by atoms with E-state index in [1.807, 2.05) is 20.8 Å². The molecular formula is C12H24F2S. The van der Waals surface area contributed by atoms with E-state index < -0.39 is 12.3 Å². The van der Waals surface area contributed by atoms with Gasteiger partial charge in [-0.15, -0.1) is 0 Å². The molecular weight excluding hydrogens is 214 g/mol. The molecule has 0 spiro atoms. The first kappa shape index (κ1) is 15.2. The van der Waals surface area contributed by atoms with Gasteiger partial charge in [-0.2, -0.15) is 12.6 Å². The average molecular weight is 238 g/mol. The smallest absolute Gasteiger partial charge is 0.210 e. The zero-order valence-corrected chi connectivity index (χ0v) is 11.1. The van der Waals surface area contributed by atoms with Gasteiger partial charge in [0.25, 0.3) is 0 Å². The zero-order chi connectivity index (χ0) is 12.0. The molecule has 0 amide bonds. The van der Waals surface area contributed by atoms with Gasteiger partial charge in [-0.05, 0) is 29.9 Å². The van der Waals surface area contributed by atoms with Gasteiger partial charge in [-0.1, -0.05) is 34.1 Å². The Labute approximate surface area is 98.2 Å². The van der Waals surface area contributed by atoms with E-state index in [-0.39, 0.29) is 5.92 Å². The van der Waals surface area contributed by atoms with Gasteiger partial charge in [-0.25, -0.2) is 8.78 Å². The van der Waals surface area contributed by atoms with E-state index in [0.29, 0.717) is 24.0 Å². The van der Waals surface area contributed by atoms with Crippen LogP contribution in [0, 0.1) is 23.7 Å². The molecule has 15 heavy (non-hydrogen) atoms. The molecule has 92 valence electrons. The summed E-state index contributed by atoms with van der Waals surface area (Å²) < 4.78 is 25.8. The minimum absolute atomic E-state index is 0.0949. The quantitative estimate of drug-likeness (QED) is 0.620. The van der Waals surface area contributed by atoms with Crippen molar-refractivity contribution in [2.75, 3.05) is 5.75 Å². The Hall–Kier alpha value is 0.210. The van der Waals surface area contributed by atoms with Crippen molar-refractivity contribution in [3.05, 3.63) is 0 Å². The Morgan fingerprint density at radius 2 is 1.60 bits per heavy atom. The molecule has 0 aliphatic heterocycles. The van der Waals surface area contributed by atoms with Crippen LogP contribution in [0.25, 0.3) is 0 Å². The summed E-state index contributed by atoms with van der Waals surface area (Å²) in [6, 6.07) is 0. The largest absolute Gasteiger partial charge is 0.241 e. The fraction of sp³-hybridized carbons (Fsp3) is 1.00. The minimum atomic E-state index is -2.20. The molecule has 0 bridgehead atoms. The first-order valence-electron chi connectivity index (χ1n) is 5.88. The summed E-state index contributed by atoms with van der Waals surface area (Å²) in [6.45, 7) is 8.01. The van der Waals surface area contributed by atoms with Gasteiger partial charge in [0.1, 0.15) is 0 Å². The highest BCUT2D eigenvalue weighted by Crippen LogP contribution is 2.36. The van der Waals surface area contributed by atoms with Crippen LogP contribution in [-0.2, 0) is 0 Å². The second-order valence-electron chi connectivity index (χ2n) is 4.58. The van der Waals surface area contributed by atoms with Crippen molar-refractivity contribution >= 4 is 12.6 Å². The Morgan fingerprint density at radius 1 is 1.07 bits per heavy atom. The van der Waals surface area contributed by atoms with Crippen LogP contribution in [0.15, 0.2) is 0 Å². The number of alkyl halides is 2. The topological polar surface area (TPSA) is 0 Å². The highest BCUT2D eigenvalue weighted by molar-refractivity contribution is 7.80. The van der Waals surface area contributed by atoms with Crippen LogP contribution >= 0.6 is 12.6 Å². The molecule has 3 unspecified atom stereocenters. The van der Waals surface area contributed by atoms with Crippen LogP contribution < -0.4 is 0 Å². The Balaban J connectivity index is 4.75. The maximum Gasteiger partial charge on any atom is 0.241 e. The lowest BCUT2D eigenvalue weighted by Gasteiger charge is -2.34. The first-order valence-corrected chi connectivity index (χ1v) is 6.51. The molecule has 3 heteroatoms. The van der Waals surface area contributed by atoms with Crippen molar-refractivity contribution in [2.45, 2.75) is 47.0 Å². The minimum Gasteiger partial charge on any atom is -0.210 e. The highest BCUT2D eigenvalue weighted by Gasteiger charge is 2.34. The lowest BCUT2D eigenvalue weighted by Crippen LogP contribution is -2.33. The molecule has 0 aliphatic rings. The highest BCUT2D eigenvalue weighted by atomic mass is 32.1. The molecule has 0 aromatic rings. The molecule has 0 saturated carbocycles. The third-order valence-corrected chi connectivity index (χ3v) is 3.83. The Morgan fingerprint density at radius 3 is 1.80 bits per heavy atom. The number of hydrogen-bond acceptors (Lipinski definition) is 1. The standard InChI is InChI=1S/C12H24F2S/c1-5-9(7-15)11(8(3)4)10(6-2)12(13)14/h8-12,15H,5-7H2,1-4H3. The normalized spacial score (nSPS) is 18.2. The SMILES string of the molecule is CCC(CS)C(C(C)C)C(CC)C(F)F. The van der Waals surface area contributed by atoms with Crippen molar-refractivity contribution in [3.63, 3.8) is 0 Å². The number of halogens is 2. The number of thiol groups is 1. The van der Waals surface area contributed by atoms with E-state index in [4.69, 9.17) is 0 Å². The fourth-order valence-electron chi connectivity index (χ4n) is 2.53. The second kappa shape index (κ2) is 7.48. The second-order valence-corrected chi connectivity index (χ2v) is 4.94. The molecule has 0 heterocycles. The van der Waals surface area contributed by atoms with Crippen molar-refractivity contribution in [2.24, 2.45) is 23.7 Å². The molecule has 0 nitrogen and oxygen atoms in total. The molecule has 0 fully saturated rings. The fourth-order valence-corrected chi connectivity index (χ4v) is 3.03. The summed E-state index contributed by atoms with van der Waals surface area (Å²) in [5.74, 6) is 0.954. The summed E-state index contributed by atoms with van der Waals surface area (Å²) in [5, 5.41) is 0. The molecule has 0 aromatic heterocycles. The summed E-state index contributed by atoms with van der Waals surface area (Å²) >= 11 is 4.29. The van der Waals surface area contributed by atoms with Crippen LogP contribution in [-0.4, -0.2) is 12.2 Å². The molecule has 0 N–H and O–H groups in total. The molecule has 0 saturated heterocycles. The van der Waals surface area contributed by atoms with E-state index in [0.717, 1.165) is 6.42 Å². The molecule has 0 radical (unpaired) electrons. The van der Waals surface area contributed by atoms with E-state index >= 15 is 0 Å². The number of rotatable bonds is 7. The van der Waals surface area contributed by atoms with Gasteiger partial charge < -0.3 is 0 Å². The predicted octanol–water partition coefficient (Wildman–Crippen LogP) is 4.51. The van der Waals surface area contributed by atoms with Gasteiger partial charge in [-0.3, -0.25) is 0 Å². The Bertz CT molecular complexity index is 156. The maximum absolute atomic E-state index is 12.9. The Kier molecular flexibility index (Phi) is 7.58. The van der Waals surface area contributed by atoms with Gasteiger partial charge in [0.2, 0.25) is 6.43 Å². The molecule has 3 atom stereocenters. The summed E-state index contributed by atoms with van der Waals surface area (Å²) in [6.07, 6.45) is -0.697. The van der Waals surface area contributed by atoms with Crippen LogP contribution in [0.5, 0.6) is 0 Å². The van der Waals surface area contributed by atoms with Crippen molar-refractivity contribution in [1.29, 1.82) is 0 Å². The van der Waals surface area contributed by atoms with Gasteiger partial charge in [0.05, 0.1) is 0 Å². The van der Waals surface area contributed by atoms with Crippen molar-refractivity contribution in [1.82, 2.24) is 0 Å². The van der Waals surface area contributed by atoms with Crippen LogP contribution in [0.3, 0.4) is 0 Å². The summed E-state index contributed by atoms with van der Waals surface area (Å²) in [4.78, 5) is 0. The molecule has 0 rings (SSSR count). The van der Waals surface area contributed by atoms with Crippen LogP contribution in [0.4, 0.5) is 8.78 Å². The van der Waals surface area contributed by atoms with Crippen molar-refractivity contribution < 1.29 is 8.78 Å². The summed E-state index contributed by atoms with van der Waals surface area (Å²) in [5.41, 5.74) is 0. The van der Waals surface area contributed by atoms with Gasteiger partial charge in [0.15, 0.2) is 0 Å². The van der Waals surface area contributed by atoms with E-state index in [1.165, 1.54) is 0 Å². The first-order chi connectivity index (χ1) is 6.99. The lowest BCUT2D eigenvalue weighted by atomic mass is 9.73. The number of hydrogen-bond donors (Lipinski definition) is 1. The molecule has 0 aromatic carbocycles. The average Bonchev–Trinajstić information content (AvgIpc) is 2.17. The monoisotopic (exact) mass is 238 g/mol. The molecule has 0 aliphatic carbocycles. The lowest BCUT2D eigenvalue weighted by molar-refractivity contribution is 0.00717. The summed E-state index contributed by atoms with van der Waals surface area (Å²) in [7, 11) is 0. The third-order valence-electron chi connectivity index (χ3n) is 3.36. The van der Waals surface area contributed by atoms with Gasteiger partial charge >= 0.3 is 0 Å². The third kappa shape index (κ3) is 4.29. The maximum atomic E-state index is 12.9. The van der Waals surface area contributed by atoms with Gasteiger partial charge in [0, 0.05) is 5.92 Å². The predicted molar refractivity (Wildman–Crippen MR) is 65.7 cm³/mol. The van der Waals surface area contributed by atoms with Crippen LogP contribution in [0.1, 0.15) is 40.5 Å². The zero-order valence-electron chi connectivity index (χ0n) is 10.2. The van der Waals surface area contributed by atoms with E-state index in [9.17, 15) is 8.78 Å². The van der Waals surface area contributed by atoms with Crippen LogP contribution in [0.2, 0.25) is 0 Å².